The molecule has 0 saturated carbocycles. The van der Waals surface area contributed by atoms with Crippen LogP contribution in [0.2, 0.25) is 0 Å². The molecule has 17 heteroatoms. The zero-order valence-corrected chi connectivity index (χ0v) is 40.0. The second-order valence-corrected chi connectivity index (χ2v) is 15.4. The summed E-state index contributed by atoms with van der Waals surface area (Å²) in [7, 11) is 1.64. The normalized spacial score (nSPS) is 11.8. The lowest BCUT2D eigenvalue weighted by atomic mass is 9.91. The summed E-state index contributed by atoms with van der Waals surface area (Å²) in [5.74, 6) is -1.24. The summed E-state index contributed by atoms with van der Waals surface area (Å²) in [5, 5.41) is 9.13. The lowest BCUT2D eigenvalue weighted by Crippen LogP contribution is -2.34. The number of carbonyl (C=O) groups excluding carboxylic acids is 3. The van der Waals surface area contributed by atoms with Gasteiger partial charge in [-0.3, -0.25) is 19.3 Å². The van der Waals surface area contributed by atoms with Crippen molar-refractivity contribution in [3.8, 4) is 0 Å². The molecule has 0 aromatic heterocycles. The number of ether oxygens (including phenoxy) is 11. The van der Waals surface area contributed by atoms with E-state index < -0.39 is 17.4 Å². The molecular formula is C47H81NO16. The van der Waals surface area contributed by atoms with Crippen molar-refractivity contribution in [3.05, 3.63) is 47.5 Å². The molecule has 0 fully saturated rings. The molecule has 1 atom stereocenters. The number of nitrogens with zero attached hydrogens (tertiary/aromatic N) is 1. The fraction of sp³-hybridized carbons (Fsp3) is 0.745. The second kappa shape index (κ2) is 41.1. The highest BCUT2D eigenvalue weighted by Crippen LogP contribution is 2.21. The molecule has 0 spiro atoms. The summed E-state index contributed by atoms with van der Waals surface area (Å²) in [6, 6.07) is 8.08. The molecule has 0 aliphatic rings. The van der Waals surface area contributed by atoms with Crippen molar-refractivity contribution in [2.75, 3.05) is 146 Å². The molecular weight excluding hydrogens is 835 g/mol. The predicted molar refractivity (Wildman–Crippen MR) is 242 cm³/mol. The van der Waals surface area contributed by atoms with E-state index in [2.05, 4.69) is 32.6 Å². The van der Waals surface area contributed by atoms with E-state index >= 15 is 0 Å². The molecule has 1 unspecified atom stereocenters. The number of hydrogen-bond donors (Lipinski definition) is 1. The van der Waals surface area contributed by atoms with Crippen LogP contribution in [0.3, 0.4) is 0 Å². The highest BCUT2D eigenvalue weighted by molar-refractivity contribution is 5.87. The van der Waals surface area contributed by atoms with Crippen molar-refractivity contribution >= 4 is 23.7 Å². The maximum Gasteiger partial charge on any atom is 0.333 e. The number of carboxylic acids is 1. The second-order valence-electron chi connectivity index (χ2n) is 15.4. The van der Waals surface area contributed by atoms with Crippen LogP contribution in [0.5, 0.6) is 0 Å². The third-order valence-corrected chi connectivity index (χ3v) is 9.44. The molecule has 0 aliphatic heterocycles. The van der Waals surface area contributed by atoms with Crippen LogP contribution >= 0.6 is 0 Å². The Balaban J connectivity index is 0.00000128. The minimum Gasteiger partial charge on any atom is -0.480 e. The first-order valence-corrected chi connectivity index (χ1v) is 22.4. The van der Waals surface area contributed by atoms with E-state index in [9.17, 15) is 19.2 Å². The Kier molecular flexibility index (Phi) is 38.9. The Hall–Kier alpha value is -3.36. The average molecular weight is 916 g/mol. The van der Waals surface area contributed by atoms with Crippen LogP contribution in [0, 0.1) is 5.41 Å². The lowest BCUT2D eigenvalue weighted by molar-refractivity contribution is -0.155. The molecule has 0 heterocycles. The fourth-order valence-corrected chi connectivity index (χ4v) is 5.01. The summed E-state index contributed by atoms with van der Waals surface area (Å²) in [6.45, 7) is 24.4. The fourth-order valence-electron chi connectivity index (χ4n) is 5.01. The number of esters is 2. The molecule has 17 nitrogen and oxygen atoms in total. The van der Waals surface area contributed by atoms with E-state index in [4.69, 9.17) is 57.2 Å². The van der Waals surface area contributed by atoms with E-state index in [1.54, 1.807) is 18.9 Å². The van der Waals surface area contributed by atoms with Crippen molar-refractivity contribution in [2.45, 2.75) is 79.7 Å². The first-order valence-electron chi connectivity index (χ1n) is 22.4. The molecule has 0 radical (unpaired) electrons. The van der Waals surface area contributed by atoms with Gasteiger partial charge in [0.05, 0.1) is 137 Å². The van der Waals surface area contributed by atoms with Crippen LogP contribution in [0.25, 0.3) is 0 Å². The van der Waals surface area contributed by atoms with Crippen molar-refractivity contribution < 1.29 is 76.4 Å². The number of carboxylic acid groups (broad SMARTS) is 1. The van der Waals surface area contributed by atoms with Gasteiger partial charge in [0.2, 0.25) is 0 Å². The van der Waals surface area contributed by atoms with Crippen molar-refractivity contribution in [1.82, 2.24) is 4.90 Å². The standard InChI is InChI=1S/C25H50O11.C22H31NO5/c1-5-25(2,3)24(26)36-23-22-35-21-20-34-19-18-33-17-16-32-15-14-31-13-12-30-11-10-29-9-8-28-7-6-27-4;1-5-17(4)19-10-8-18(9-11-19)13-23(15-21(25)26)14-20(24)7-6-12-28-22(27)16(2)3/h5-23H2,1-4H3;8-11,17H,2,5-7,12-15H2,1,3-4H3,(H,25,26). The lowest BCUT2D eigenvalue weighted by Gasteiger charge is -2.20. The number of benzene rings is 1. The van der Waals surface area contributed by atoms with Crippen LogP contribution in [0.15, 0.2) is 36.4 Å². The van der Waals surface area contributed by atoms with Crippen molar-refractivity contribution in [2.24, 2.45) is 5.41 Å². The molecule has 370 valence electrons. The van der Waals surface area contributed by atoms with Gasteiger partial charge in [0, 0.05) is 25.6 Å². The van der Waals surface area contributed by atoms with Gasteiger partial charge in [0.25, 0.3) is 0 Å². The quantitative estimate of drug-likeness (QED) is 0.0504. The van der Waals surface area contributed by atoms with Gasteiger partial charge in [-0.2, -0.15) is 0 Å². The Bertz CT molecular complexity index is 1340. The van der Waals surface area contributed by atoms with Crippen LogP contribution in [-0.2, 0) is 77.8 Å². The summed E-state index contributed by atoms with van der Waals surface area (Å²) in [5.41, 5.74) is 2.08. The first kappa shape index (κ1) is 60.6. The van der Waals surface area contributed by atoms with Crippen LogP contribution in [0.4, 0.5) is 0 Å². The van der Waals surface area contributed by atoms with E-state index in [1.807, 2.05) is 32.9 Å². The summed E-state index contributed by atoms with van der Waals surface area (Å²) in [6.07, 6.45) is 2.43. The average Bonchev–Trinajstić information content (AvgIpc) is 3.27. The molecule has 0 aliphatic carbocycles. The number of rotatable bonds is 42. The van der Waals surface area contributed by atoms with Crippen molar-refractivity contribution in [3.63, 3.8) is 0 Å². The maximum absolute atomic E-state index is 12.2. The number of methoxy groups -OCH3 is 1. The van der Waals surface area contributed by atoms with Gasteiger partial charge in [-0.05, 0) is 57.1 Å². The van der Waals surface area contributed by atoms with Gasteiger partial charge < -0.3 is 57.2 Å². The Morgan fingerprint density at radius 3 is 1.44 bits per heavy atom. The zero-order chi connectivity index (χ0) is 47.7. The molecule has 1 aromatic carbocycles. The van der Waals surface area contributed by atoms with Gasteiger partial charge in [0.1, 0.15) is 12.4 Å². The number of ketones is 1. The smallest absolute Gasteiger partial charge is 0.333 e. The largest absolute Gasteiger partial charge is 0.480 e. The van der Waals surface area contributed by atoms with Crippen LogP contribution in [0.1, 0.15) is 84.3 Å². The highest BCUT2D eigenvalue weighted by Gasteiger charge is 2.26. The Morgan fingerprint density at radius 1 is 0.641 bits per heavy atom. The van der Waals surface area contributed by atoms with E-state index in [0.717, 1.165) is 18.4 Å². The zero-order valence-electron chi connectivity index (χ0n) is 40.0. The minimum absolute atomic E-state index is 0.0495. The Morgan fingerprint density at radius 2 is 1.06 bits per heavy atom. The molecule has 1 N–H and O–H groups in total. The third-order valence-electron chi connectivity index (χ3n) is 9.44. The number of aliphatic carboxylic acids is 1. The summed E-state index contributed by atoms with van der Waals surface area (Å²) < 4.78 is 58.2. The van der Waals surface area contributed by atoms with E-state index in [-0.39, 0.29) is 44.5 Å². The van der Waals surface area contributed by atoms with Gasteiger partial charge >= 0.3 is 17.9 Å². The van der Waals surface area contributed by atoms with E-state index in [0.29, 0.717) is 137 Å². The van der Waals surface area contributed by atoms with Crippen molar-refractivity contribution in [1.29, 1.82) is 0 Å². The molecule has 0 saturated heterocycles. The molecule has 0 amide bonds. The summed E-state index contributed by atoms with van der Waals surface area (Å²) >= 11 is 0. The highest BCUT2D eigenvalue weighted by atomic mass is 16.6. The van der Waals surface area contributed by atoms with Crippen LogP contribution < -0.4 is 0 Å². The predicted octanol–water partition coefficient (Wildman–Crippen LogP) is 5.30. The third kappa shape index (κ3) is 35.9. The van der Waals surface area contributed by atoms with Gasteiger partial charge in [-0.15, -0.1) is 0 Å². The molecule has 64 heavy (non-hydrogen) atoms. The molecule has 1 aromatic rings. The molecule has 0 bridgehead atoms. The minimum atomic E-state index is -0.973. The topological polar surface area (TPSA) is 193 Å². The maximum atomic E-state index is 12.2. The number of carbonyl (C=O) groups is 4. The Labute approximate surface area is 382 Å². The summed E-state index contributed by atoms with van der Waals surface area (Å²) in [4.78, 5) is 48.0. The number of Topliss-reactive ketones (excluding diaryl/α,β-unsaturated/α-hetero) is 1. The van der Waals surface area contributed by atoms with Crippen LogP contribution in [-0.4, -0.2) is 179 Å². The van der Waals surface area contributed by atoms with Gasteiger partial charge in [-0.1, -0.05) is 51.6 Å². The van der Waals surface area contributed by atoms with E-state index in [1.165, 1.54) is 5.56 Å². The monoisotopic (exact) mass is 916 g/mol. The molecule has 1 rings (SSSR count). The SMILES string of the molecule is C=C(C)C(=O)OCCCC(=O)CN(CC(=O)O)Cc1ccc(C(C)CC)cc1.CCC(C)(C)C(=O)OCCOCCOCCOCCOCCOCCOCCOCCOCCOC. The van der Waals surface area contributed by atoms with Gasteiger partial charge in [-0.25, -0.2) is 4.79 Å². The first-order chi connectivity index (χ1) is 30.8. The van der Waals surface area contributed by atoms with Gasteiger partial charge in [0.15, 0.2) is 0 Å². The number of hydrogen-bond acceptors (Lipinski definition) is 16.